The van der Waals surface area contributed by atoms with Gasteiger partial charge in [0.1, 0.15) is 11.8 Å². The Morgan fingerprint density at radius 2 is 1.80 bits per heavy atom. The lowest BCUT2D eigenvalue weighted by Gasteiger charge is -2.27. The van der Waals surface area contributed by atoms with Crippen molar-refractivity contribution in [1.29, 1.82) is 0 Å². The Balaban J connectivity index is 1.63. The predicted octanol–water partition coefficient (Wildman–Crippen LogP) is 3.54. The van der Waals surface area contributed by atoms with Crippen LogP contribution in [0.3, 0.4) is 0 Å². The zero-order valence-corrected chi connectivity index (χ0v) is 15.0. The van der Waals surface area contributed by atoms with Gasteiger partial charge in [-0.05, 0) is 56.7 Å². The van der Waals surface area contributed by atoms with Gasteiger partial charge in [0.05, 0.1) is 0 Å². The molecule has 1 fully saturated rings. The Kier molecular flexibility index (Phi) is 5.38. The minimum atomic E-state index is -0.488. The Morgan fingerprint density at radius 1 is 1.16 bits per heavy atom. The average Bonchev–Trinajstić information content (AvgIpc) is 2.99. The standard InChI is InChI=1S/C19H20N2O3S/c1-13(2)21-17(7-8-18(21)22)19(23)24-14-3-5-15(6-4-14)25-16-9-11-20-12-10-16/h3-6,9-13,17H,7-8H2,1-2H3/t17-/m0/s1. The van der Waals surface area contributed by atoms with Gasteiger partial charge in [-0.1, -0.05) is 11.8 Å². The largest absolute Gasteiger partial charge is 0.425 e. The molecule has 0 radical (unpaired) electrons. The Bertz CT molecular complexity index is 747. The van der Waals surface area contributed by atoms with E-state index in [4.69, 9.17) is 4.74 Å². The maximum atomic E-state index is 12.4. The first-order valence-corrected chi connectivity index (χ1v) is 9.07. The Labute approximate surface area is 151 Å². The molecule has 130 valence electrons. The number of aromatic nitrogens is 1. The second kappa shape index (κ2) is 7.70. The highest BCUT2D eigenvalue weighted by Crippen LogP contribution is 2.29. The normalized spacial score (nSPS) is 17.2. The van der Waals surface area contributed by atoms with Crippen molar-refractivity contribution in [3.8, 4) is 5.75 Å². The number of esters is 1. The number of rotatable bonds is 5. The van der Waals surface area contributed by atoms with Crippen molar-refractivity contribution < 1.29 is 14.3 Å². The molecule has 1 aromatic heterocycles. The van der Waals surface area contributed by atoms with E-state index in [0.29, 0.717) is 18.6 Å². The van der Waals surface area contributed by atoms with Crippen LogP contribution in [0.15, 0.2) is 58.6 Å². The molecule has 0 N–H and O–H groups in total. The van der Waals surface area contributed by atoms with Crippen molar-refractivity contribution in [2.75, 3.05) is 0 Å². The average molecular weight is 356 g/mol. The molecule has 1 aromatic carbocycles. The predicted molar refractivity (Wildman–Crippen MR) is 95.4 cm³/mol. The summed E-state index contributed by atoms with van der Waals surface area (Å²) in [6.07, 6.45) is 4.43. The van der Waals surface area contributed by atoms with Crippen LogP contribution in [0.1, 0.15) is 26.7 Å². The van der Waals surface area contributed by atoms with Crippen LogP contribution in [0.5, 0.6) is 5.75 Å². The van der Waals surface area contributed by atoms with Gasteiger partial charge in [-0.3, -0.25) is 9.78 Å². The van der Waals surface area contributed by atoms with E-state index < -0.39 is 6.04 Å². The summed E-state index contributed by atoms with van der Waals surface area (Å²) in [6.45, 7) is 3.82. The van der Waals surface area contributed by atoms with Crippen molar-refractivity contribution in [3.63, 3.8) is 0 Å². The molecule has 0 unspecified atom stereocenters. The number of benzene rings is 1. The van der Waals surface area contributed by atoms with E-state index in [0.717, 1.165) is 9.79 Å². The summed E-state index contributed by atoms with van der Waals surface area (Å²) in [6, 6.07) is 10.8. The zero-order valence-electron chi connectivity index (χ0n) is 14.2. The molecule has 6 heteroatoms. The summed E-state index contributed by atoms with van der Waals surface area (Å²) in [5.74, 6) is 0.141. The topological polar surface area (TPSA) is 59.5 Å². The number of pyridine rings is 1. The van der Waals surface area contributed by atoms with E-state index in [-0.39, 0.29) is 17.9 Å². The lowest BCUT2D eigenvalue weighted by Crippen LogP contribution is -2.44. The summed E-state index contributed by atoms with van der Waals surface area (Å²) in [7, 11) is 0. The Morgan fingerprint density at radius 3 is 2.44 bits per heavy atom. The van der Waals surface area contributed by atoms with Crippen LogP contribution in [0, 0.1) is 0 Å². The molecule has 2 aromatic rings. The molecule has 0 saturated carbocycles. The number of hydrogen-bond donors (Lipinski definition) is 0. The van der Waals surface area contributed by atoms with Crippen LogP contribution < -0.4 is 4.74 Å². The lowest BCUT2D eigenvalue weighted by molar-refractivity contribution is -0.145. The van der Waals surface area contributed by atoms with Crippen LogP contribution in [0.25, 0.3) is 0 Å². The molecule has 2 heterocycles. The molecule has 3 rings (SSSR count). The summed E-state index contributed by atoms with van der Waals surface area (Å²) < 4.78 is 5.48. The number of ether oxygens (including phenoxy) is 1. The molecule has 25 heavy (non-hydrogen) atoms. The number of likely N-dealkylation sites (tertiary alicyclic amines) is 1. The van der Waals surface area contributed by atoms with Crippen LogP contribution in [-0.2, 0) is 9.59 Å². The molecule has 1 amide bonds. The van der Waals surface area contributed by atoms with E-state index in [9.17, 15) is 9.59 Å². The van der Waals surface area contributed by atoms with Crippen molar-refractivity contribution >= 4 is 23.6 Å². The molecular weight excluding hydrogens is 336 g/mol. The molecule has 1 aliphatic heterocycles. The molecule has 0 bridgehead atoms. The first-order chi connectivity index (χ1) is 12.0. The van der Waals surface area contributed by atoms with Crippen LogP contribution in [0.4, 0.5) is 0 Å². The first kappa shape index (κ1) is 17.5. The first-order valence-electron chi connectivity index (χ1n) is 8.25. The quantitative estimate of drug-likeness (QED) is 0.606. The maximum Gasteiger partial charge on any atom is 0.334 e. The monoisotopic (exact) mass is 356 g/mol. The highest BCUT2D eigenvalue weighted by atomic mass is 32.2. The Hall–Kier alpha value is -2.34. The second-order valence-electron chi connectivity index (χ2n) is 6.13. The van der Waals surface area contributed by atoms with Gasteiger partial charge in [-0.2, -0.15) is 0 Å². The fraction of sp³-hybridized carbons (Fsp3) is 0.316. The van der Waals surface area contributed by atoms with Crippen molar-refractivity contribution in [2.45, 2.75) is 48.6 Å². The van der Waals surface area contributed by atoms with Crippen LogP contribution in [0.2, 0.25) is 0 Å². The number of carbonyl (C=O) groups excluding carboxylic acids is 2. The minimum absolute atomic E-state index is 0.00770. The van der Waals surface area contributed by atoms with E-state index in [1.165, 1.54) is 0 Å². The highest BCUT2D eigenvalue weighted by molar-refractivity contribution is 7.99. The molecule has 0 spiro atoms. The summed E-state index contributed by atoms with van der Waals surface area (Å²) >= 11 is 1.61. The SMILES string of the molecule is CC(C)N1C(=O)CC[C@H]1C(=O)Oc1ccc(Sc2ccncc2)cc1. The smallest absolute Gasteiger partial charge is 0.334 e. The minimum Gasteiger partial charge on any atom is -0.425 e. The molecule has 1 aliphatic rings. The maximum absolute atomic E-state index is 12.4. The van der Waals surface area contributed by atoms with E-state index >= 15 is 0 Å². The van der Waals surface area contributed by atoms with Crippen molar-refractivity contribution in [1.82, 2.24) is 9.88 Å². The third-order valence-electron chi connectivity index (χ3n) is 4.01. The number of hydrogen-bond acceptors (Lipinski definition) is 5. The zero-order chi connectivity index (χ0) is 17.8. The van der Waals surface area contributed by atoms with Gasteiger partial charge >= 0.3 is 5.97 Å². The molecule has 1 saturated heterocycles. The molecule has 1 atom stereocenters. The van der Waals surface area contributed by atoms with Crippen LogP contribution in [-0.4, -0.2) is 33.8 Å². The third-order valence-corrected chi connectivity index (χ3v) is 5.03. The lowest BCUT2D eigenvalue weighted by atomic mass is 10.2. The fourth-order valence-electron chi connectivity index (χ4n) is 2.88. The van der Waals surface area contributed by atoms with Gasteiger partial charge in [0.25, 0.3) is 0 Å². The van der Waals surface area contributed by atoms with Gasteiger partial charge in [0.2, 0.25) is 5.91 Å². The second-order valence-corrected chi connectivity index (χ2v) is 7.27. The third kappa shape index (κ3) is 4.20. The molecular formula is C19H20N2O3S. The van der Waals surface area contributed by atoms with Gasteiger partial charge in [-0.25, -0.2) is 4.79 Å². The molecule has 0 aliphatic carbocycles. The number of amides is 1. The van der Waals surface area contributed by atoms with E-state index in [1.807, 2.05) is 38.1 Å². The van der Waals surface area contributed by atoms with Crippen molar-refractivity contribution in [2.24, 2.45) is 0 Å². The van der Waals surface area contributed by atoms with Crippen molar-refractivity contribution in [3.05, 3.63) is 48.8 Å². The number of nitrogens with zero attached hydrogens (tertiary/aromatic N) is 2. The number of carbonyl (C=O) groups is 2. The van der Waals surface area contributed by atoms with Gasteiger partial charge in [0, 0.05) is 34.6 Å². The van der Waals surface area contributed by atoms with E-state index in [1.54, 1.807) is 41.2 Å². The van der Waals surface area contributed by atoms with E-state index in [2.05, 4.69) is 4.98 Å². The summed E-state index contributed by atoms with van der Waals surface area (Å²) in [4.78, 5) is 32.1. The van der Waals surface area contributed by atoms with Crippen LogP contribution >= 0.6 is 11.8 Å². The van der Waals surface area contributed by atoms with Gasteiger partial charge < -0.3 is 9.64 Å². The summed E-state index contributed by atoms with van der Waals surface area (Å²) in [5.41, 5.74) is 0. The molecule has 5 nitrogen and oxygen atoms in total. The van der Waals surface area contributed by atoms with Gasteiger partial charge in [0.15, 0.2) is 0 Å². The van der Waals surface area contributed by atoms with Gasteiger partial charge in [-0.15, -0.1) is 0 Å². The highest BCUT2D eigenvalue weighted by Gasteiger charge is 2.38. The summed E-state index contributed by atoms with van der Waals surface area (Å²) in [5, 5.41) is 0. The fourth-order valence-corrected chi connectivity index (χ4v) is 3.69.